The summed E-state index contributed by atoms with van der Waals surface area (Å²) in [4.78, 5) is 11.7. The van der Waals surface area contributed by atoms with E-state index in [1.165, 1.54) is 0 Å². The third kappa shape index (κ3) is 3.15. The first-order valence-corrected chi connectivity index (χ1v) is 5.30. The van der Waals surface area contributed by atoms with E-state index in [9.17, 15) is 4.79 Å². The molecule has 88 valence electrons. The maximum atomic E-state index is 11.7. The Bertz CT molecular complexity index is 221. The molecule has 0 bridgehead atoms. The van der Waals surface area contributed by atoms with Gasteiger partial charge in [-0.1, -0.05) is 13.8 Å². The standard InChI is InChI=1S/C10H20N2O3/c1-6(2)9(3-13)12-10(14)7-4-15-5-8(7)11/h6-9,13H,3-5,11H2,1-2H3,(H,12,14)/t7?,8?,9-/m1/s1. The molecule has 4 N–H and O–H groups in total. The third-order valence-corrected chi connectivity index (χ3v) is 2.79. The average molecular weight is 216 g/mol. The monoisotopic (exact) mass is 216 g/mol. The minimum absolute atomic E-state index is 0.0494. The SMILES string of the molecule is CC(C)[C@@H](CO)NC(=O)C1COCC1N. The van der Waals surface area contributed by atoms with E-state index in [-0.39, 0.29) is 36.4 Å². The second-order valence-corrected chi connectivity index (χ2v) is 4.35. The summed E-state index contributed by atoms with van der Waals surface area (Å²) in [5.74, 6) is -0.192. The zero-order chi connectivity index (χ0) is 11.4. The number of hydrogen-bond acceptors (Lipinski definition) is 4. The molecule has 1 heterocycles. The third-order valence-electron chi connectivity index (χ3n) is 2.79. The molecule has 0 aromatic heterocycles. The molecule has 1 rings (SSSR count). The van der Waals surface area contributed by atoms with Gasteiger partial charge >= 0.3 is 0 Å². The summed E-state index contributed by atoms with van der Waals surface area (Å²) in [6.07, 6.45) is 0. The molecule has 3 atom stereocenters. The second kappa shape index (κ2) is 5.44. The summed E-state index contributed by atoms with van der Waals surface area (Å²) in [5.41, 5.74) is 5.72. The Morgan fingerprint density at radius 1 is 1.60 bits per heavy atom. The van der Waals surface area contributed by atoms with Gasteiger partial charge in [0.2, 0.25) is 5.91 Å². The van der Waals surface area contributed by atoms with Crippen LogP contribution >= 0.6 is 0 Å². The van der Waals surface area contributed by atoms with E-state index in [4.69, 9.17) is 15.6 Å². The Balaban J connectivity index is 2.46. The van der Waals surface area contributed by atoms with Crippen LogP contribution in [0.15, 0.2) is 0 Å². The number of hydrogen-bond donors (Lipinski definition) is 3. The van der Waals surface area contributed by atoms with Crippen molar-refractivity contribution in [3.8, 4) is 0 Å². The fourth-order valence-electron chi connectivity index (χ4n) is 1.55. The molecule has 0 aromatic carbocycles. The zero-order valence-corrected chi connectivity index (χ0v) is 9.27. The minimum atomic E-state index is -0.280. The van der Waals surface area contributed by atoms with Gasteiger partial charge in [0, 0.05) is 6.04 Å². The molecular formula is C10H20N2O3. The van der Waals surface area contributed by atoms with Gasteiger partial charge in [-0.25, -0.2) is 0 Å². The molecule has 5 heteroatoms. The Kier molecular flexibility index (Phi) is 4.50. The van der Waals surface area contributed by atoms with Crippen LogP contribution in [0.3, 0.4) is 0 Å². The summed E-state index contributed by atoms with van der Waals surface area (Å²) >= 11 is 0. The molecule has 0 radical (unpaired) electrons. The largest absolute Gasteiger partial charge is 0.394 e. The summed E-state index contributed by atoms with van der Waals surface area (Å²) in [5, 5.41) is 11.9. The Morgan fingerprint density at radius 2 is 2.27 bits per heavy atom. The first-order chi connectivity index (χ1) is 7.06. The highest BCUT2D eigenvalue weighted by Gasteiger charge is 2.32. The van der Waals surface area contributed by atoms with Crippen LogP contribution in [0, 0.1) is 11.8 Å². The maximum absolute atomic E-state index is 11.7. The van der Waals surface area contributed by atoms with Gasteiger partial charge in [-0.3, -0.25) is 4.79 Å². The molecule has 1 aliphatic heterocycles. The number of nitrogens with two attached hydrogens (primary N) is 1. The van der Waals surface area contributed by atoms with E-state index in [2.05, 4.69) is 5.32 Å². The molecule has 2 unspecified atom stereocenters. The van der Waals surface area contributed by atoms with Crippen LogP contribution in [-0.2, 0) is 9.53 Å². The number of ether oxygens (including phenoxy) is 1. The number of aliphatic hydroxyl groups is 1. The number of aliphatic hydroxyl groups excluding tert-OH is 1. The van der Waals surface area contributed by atoms with Crippen molar-refractivity contribution >= 4 is 5.91 Å². The lowest BCUT2D eigenvalue weighted by Gasteiger charge is -2.22. The highest BCUT2D eigenvalue weighted by Crippen LogP contribution is 2.12. The lowest BCUT2D eigenvalue weighted by atomic mass is 10.0. The van der Waals surface area contributed by atoms with Gasteiger partial charge in [-0.05, 0) is 5.92 Å². The summed E-state index contributed by atoms with van der Waals surface area (Å²) < 4.78 is 5.12. The molecular weight excluding hydrogens is 196 g/mol. The number of amides is 1. The molecule has 1 amide bonds. The van der Waals surface area contributed by atoms with Gasteiger partial charge in [0.05, 0.1) is 31.8 Å². The van der Waals surface area contributed by atoms with Crippen LogP contribution in [0.25, 0.3) is 0 Å². The summed E-state index contributed by atoms with van der Waals surface area (Å²) in [6.45, 7) is 4.66. The number of rotatable bonds is 4. The normalized spacial score (nSPS) is 28.1. The number of carbonyl (C=O) groups excluding carboxylic acids is 1. The van der Waals surface area contributed by atoms with Crippen LogP contribution < -0.4 is 11.1 Å². The zero-order valence-electron chi connectivity index (χ0n) is 9.27. The van der Waals surface area contributed by atoms with Crippen LogP contribution in [0.5, 0.6) is 0 Å². The molecule has 15 heavy (non-hydrogen) atoms. The van der Waals surface area contributed by atoms with Gasteiger partial charge in [0.15, 0.2) is 0 Å². The van der Waals surface area contributed by atoms with Gasteiger partial charge in [0.25, 0.3) is 0 Å². The van der Waals surface area contributed by atoms with Crippen molar-refractivity contribution in [3.05, 3.63) is 0 Å². The van der Waals surface area contributed by atoms with Gasteiger partial charge in [-0.2, -0.15) is 0 Å². The van der Waals surface area contributed by atoms with Crippen LogP contribution in [0.2, 0.25) is 0 Å². The van der Waals surface area contributed by atoms with Crippen molar-refractivity contribution < 1.29 is 14.6 Å². The fraction of sp³-hybridized carbons (Fsp3) is 0.900. The number of carbonyl (C=O) groups is 1. The predicted molar refractivity (Wildman–Crippen MR) is 56.1 cm³/mol. The van der Waals surface area contributed by atoms with Crippen molar-refractivity contribution in [3.63, 3.8) is 0 Å². The molecule has 1 saturated heterocycles. The lowest BCUT2D eigenvalue weighted by molar-refractivity contribution is -0.126. The van der Waals surface area contributed by atoms with Gasteiger partial charge in [-0.15, -0.1) is 0 Å². The minimum Gasteiger partial charge on any atom is -0.394 e. The van der Waals surface area contributed by atoms with E-state index in [0.717, 1.165) is 0 Å². The smallest absolute Gasteiger partial charge is 0.227 e. The lowest BCUT2D eigenvalue weighted by Crippen LogP contribution is -2.48. The number of nitrogens with one attached hydrogen (secondary N) is 1. The Hall–Kier alpha value is -0.650. The predicted octanol–water partition coefficient (Wildman–Crippen LogP) is -0.907. The van der Waals surface area contributed by atoms with Crippen molar-refractivity contribution in [2.45, 2.75) is 25.9 Å². The summed E-state index contributed by atoms with van der Waals surface area (Å²) in [6, 6.07) is -0.429. The molecule has 1 fully saturated rings. The molecule has 0 aliphatic carbocycles. The van der Waals surface area contributed by atoms with Gasteiger partial charge < -0.3 is 20.9 Å². The first-order valence-electron chi connectivity index (χ1n) is 5.30. The van der Waals surface area contributed by atoms with Crippen molar-refractivity contribution in [1.29, 1.82) is 0 Å². The van der Waals surface area contributed by atoms with E-state index >= 15 is 0 Å². The van der Waals surface area contributed by atoms with Crippen LogP contribution in [0.1, 0.15) is 13.8 Å². The highest BCUT2D eigenvalue weighted by molar-refractivity contribution is 5.80. The van der Waals surface area contributed by atoms with Gasteiger partial charge in [0.1, 0.15) is 0 Å². The quantitative estimate of drug-likeness (QED) is 0.568. The van der Waals surface area contributed by atoms with E-state index in [1.54, 1.807) is 0 Å². The van der Waals surface area contributed by atoms with Crippen molar-refractivity contribution in [2.24, 2.45) is 17.6 Å². The fourth-order valence-corrected chi connectivity index (χ4v) is 1.55. The highest BCUT2D eigenvalue weighted by atomic mass is 16.5. The molecule has 0 saturated carbocycles. The molecule has 0 spiro atoms. The average Bonchev–Trinajstić information content (AvgIpc) is 2.60. The second-order valence-electron chi connectivity index (χ2n) is 4.35. The van der Waals surface area contributed by atoms with Crippen LogP contribution in [0.4, 0.5) is 0 Å². The summed E-state index contributed by atoms with van der Waals surface area (Å²) in [7, 11) is 0. The Labute approximate surface area is 90.0 Å². The van der Waals surface area contributed by atoms with E-state index in [1.807, 2.05) is 13.8 Å². The maximum Gasteiger partial charge on any atom is 0.227 e. The van der Waals surface area contributed by atoms with E-state index < -0.39 is 0 Å². The van der Waals surface area contributed by atoms with Crippen molar-refractivity contribution in [1.82, 2.24) is 5.32 Å². The van der Waals surface area contributed by atoms with Crippen LogP contribution in [-0.4, -0.2) is 42.9 Å². The van der Waals surface area contributed by atoms with Crippen molar-refractivity contribution in [2.75, 3.05) is 19.8 Å². The molecule has 0 aromatic rings. The molecule has 1 aliphatic rings. The molecule has 5 nitrogen and oxygen atoms in total. The topological polar surface area (TPSA) is 84.6 Å². The van der Waals surface area contributed by atoms with E-state index in [0.29, 0.717) is 13.2 Å². The first kappa shape index (κ1) is 12.4. The Morgan fingerprint density at radius 3 is 2.67 bits per heavy atom.